The lowest BCUT2D eigenvalue weighted by atomic mass is 9.83. The lowest BCUT2D eigenvalue weighted by molar-refractivity contribution is 1.56. The molecule has 0 nitrogen and oxygen atoms in total. The molecule has 0 bridgehead atoms. The lowest BCUT2D eigenvalue weighted by Gasteiger charge is -2.20. The molecule has 0 fully saturated rings. The minimum atomic E-state index is 1.21. The molecular formula is C50H32. The summed E-state index contributed by atoms with van der Waals surface area (Å²) >= 11 is 0. The van der Waals surface area contributed by atoms with E-state index < -0.39 is 0 Å². The van der Waals surface area contributed by atoms with Crippen LogP contribution in [0.2, 0.25) is 0 Å². The molecular weight excluding hydrogens is 601 g/mol. The van der Waals surface area contributed by atoms with Gasteiger partial charge in [0.15, 0.2) is 0 Å². The van der Waals surface area contributed by atoms with Crippen LogP contribution in [0.25, 0.3) is 98.4 Å². The monoisotopic (exact) mass is 632 g/mol. The molecule has 0 aliphatic heterocycles. The maximum absolute atomic E-state index is 2.43. The van der Waals surface area contributed by atoms with Gasteiger partial charge >= 0.3 is 0 Å². The van der Waals surface area contributed by atoms with Gasteiger partial charge in [-0.15, -0.1) is 0 Å². The fourth-order valence-electron chi connectivity index (χ4n) is 8.07. The molecule has 0 unspecified atom stereocenters. The Bertz CT molecular complexity index is 2860. The van der Waals surface area contributed by atoms with Gasteiger partial charge in [0.25, 0.3) is 0 Å². The Balaban J connectivity index is 1.30. The molecule has 0 atom stereocenters. The summed E-state index contributed by atoms with van der Waals surface area (Å²) in [5.41, 5.74) is 9.74. The van der Waals surface area contributed by atoms with Crippen LogP contribution < -0.4 is 0 Å². The van der Waals surface area contributed by atoms with E-state index in [0.29, 0.717) is 0 Å². The van der Waals surface area contributed by atoms with E-state index >= 15 is 0 Å². The van der Waals surface area contributed by atoms with E-state index in [2.05, 4.69) is 194 Å². The van der Waals surface area contributed by atoms with Gasteiger partial charge in [-0.25, -0.2) is 0 Å². The lowest BCUT2D eigenvalue weighted by Crippen LogP contribution is -1.94. The topological polar surface area (TPSA) is 0 Å². The Morgan fingerprint density at radius 1 is 0.200 bits per heavy atom. The summed E-state index contributed by atoms with van der Waals surface area (Å²) in [7, 11) is 0. The number of hydrogen-bond acceptors (Lipinski definition) is 0. The van der Waals surface area contributed by atoms with Gasteiger partial charge in [-0.1, -0.05) is 170 Å². The molecule has 0 N–H and O–H groups in total. The van der Waals surface area contributed by atoms with Crippen LogP contribution in [0.4, 0.5) is 0 Å². The molecule has 0 heterocycles. The third kappa shape index (κ3) is 4.61. The Hall–Kier alpha value is -6.50. The van der Waals surface area contributed by atoms with Gasteiger partial charge in [-0.05, 0) is 123 Å². The molecule has 10 rings (SSSR count). The van der Waals surface area contributed by atoms with Crippen molar-refractivity contribution in [3.63, 3.8) is 0 Å². The minimum Gasteiger partial charge on any atom is -0.0622 e. The van der Waals surface area contributed by atoms with Gasteiger partial charge in [0.05, 0.1) is 0 Å². The summed E-state index contributed by atoms with van der Waals surface area (Å²) < 4.78 is 0. The second-order valence-electron chi connectivity index (χ2n) is 13.3. The Kier molecular flexibility index (Phi) is 6.60. The van der Waals surface area contributed by atoms with Crippen LogP contribution >= 0.6 is 0 Å². The van der Waals surface area contributed by atoms with Crippen LogP contribution in [0, 0.1) is 0 Å². The van der Waals surface area contributed by atoms with Gasteiger partial charge in [-0.3, -0.25) is 0 Å². The van der Waals surface area contributed by atoms with Crippen molar-refractivity contribution in [1.29, 1.82) is 0 Å². The fourth-order valence-corrected chi connectivity index (χ4v) is 8.07. The van der Waals surface area contributed by atoms with E-state index in [1.807, 2.05) is 0 Å². The van der Waals surface area contributed by atoms with Crippen molar-refractivity contribution >= 4 is 53.9 Å². The second-order valence-corrected chi connectivity index (χ2v) is 13.3. The second kappa shape index (κ2) is 11.6. The predicted molar refractivity (Wildman–Crippen MR) is 216 cm³/mol. The van der Waals surface area contributed by atoms with Gasteiger partial charge < -0.3 is 0 Å². The average Bonchev–Trinajstić information content (AvgIpc) is 3.20. The highest BCUT2D eigenvalue weighted by molar-refractivity contribution is 6.26. The summed E-state index contributed by atoms with van der Waals surface area (Å²) in [4.78, 5) is 0. The smallest absolute Gasteiger partial charge is 0.00264 e. The highest BCUT2D eigenvalue weighted by Crippen LogP contribution is 2.46. The number of rotatable bonds is 4. The molecule has 0 radical (unpaired) electrons. The van der Waals surface area contributed by atoms with Crippen LogP contribution in [0.1, 0.15) is 0 Å². The first-order chi connectivity index (χ1) is 24.8. The summed E-state index contributed by atoms with van der Waals surface area (Å²) in [6.45, 7) is 0. The molecule has 0 saturated heterocycles. The standard InChI is InChI=1S/C50H32/c1-3-13-33(14-4-1)39-31-47(37-25-27-41-36(29-37)24-23-34-15-7-8-18-40(34)41)50(35-16-5-2-6-17-35)48(32-39)38-26-28-46-44-21-10-9-19-42(44)43-20-11-12-22-45(43)49(46)30-38/h1-32H. The van der Waals surface area contributed by atoms with Crippen LogP contribution in [-0.4, -0.2) is 0 Å². The van der Waals surface area contributed by atoms with Crippen LogP contribution in [0.5, 0.6) is 0 Å². The fraction of sp³-hybridized carbons (Fsp3) is 0. The molecule has 0 saturated carbocycles. The molecule has 0 aliphatic rings. The number of benzene rings is 10. The van der Waals surface area contributed by atoms with E-state index in [-0.39, 0.29) is 0 Å². The first-order valence-electron chi connectivity index (χ1n) is 17.3. The normalized spacial score (nSPS) is 11.6. The van der Waals surface area contributed by atoms with Gasteiger partial charge in [0.2, 0.25) is 0 Å². The maximum Gasteiger partial charge on any atom is -0.00264 e. The Morgan fingerprint density at radius 3 is 1.28 bits per heavy atom. The van der Waals surface area contributed by atoms with Crippen LogP contribution in [0.3, 0.4) is 0 Å². The quantitative estimate of drug-likeness (QED) is 0.169. The van der Waals surface area contributed by atoms with Crippen molar-refractivity contribution in [3.05, 3.63) is 194 Å². The molecule has 0 aromatic heterocycles. The molecule has 10 aromatic carbocycles. The molecule has 50 heavy (non-hydrogen) atoms. The van der Waals surface area contributed by atoms with E-state index in [9.17, 15) is 0 Å². The van der Waals surface area contributed by atoms with Crippen molar-refractivity contribution in [2.45, 2.75) is 0 Å². The van der Waals surface area contributed by atoms with Crippen molar-refractivity contribution in [1.82, 2.24) is 0 Å². The van der Waals surface area contributed by atoms with Gasteiger partial charge in [-0.2, -0.15) is 0 Å². The van der Waals surface area contributed by atoms with Crippen molar-refractivity contribution < 1.29 is 0 Å². The van der Waals surface area contributed by atoms with E-state index in [1.54, 1.807) is 0 Å². The van der Waals surface area contributed by atoms with Crippen molar-refractivity contribution in [2.75, 3.05) is 0 Å². The Labute approximate surface area is 291 Å². The zero-order valence-corrected chi connectivity index (χ0v) is 27.5. The first kappa shape index (κ1) is 28.5. The highest BCUT2D eigenvalue weighted by Gasteiger charge is 2.19. The van der Waals surface area contributed by atoms with E-state index in [1.165, 1.54) is 98.4 Å². The number of fused-ring (bicyclic) bond motifs is 9. The van der Waals surface area contributed by atoms with Crippen molar-refractivity contribution in [3.8, 4) is 44.5 Å². The molecule has 232 valence electrons. The minimum absolute atomic E-state index is 1.21. The van der Waals surface area contributed by atoms with Crippen LogP contribution in [0.15, 0.2) is 194 Å². The largest absolute Gasteiger partial charge is 0.0622 e. The maximum atomic E-state index is 2.43. The molecule has 0 spiro atoms. The zero-order valence-electron chi connectivity index (χ0n) is 27.5. The molecule has 0 heteroatoms. The highest BCUT2D eigenvalue weighted by atomic mass is 14.2. The van der Waals surface area contributed by atoms with Gasteiger partial charge in [0, 0.05) is 0 Å². The van der Waals surface area contributed by atoms with Crippen LogP contribution in [-0.2, 0) is 0 Å². The van der Waals surface area contributed by atoms with E-state index in [4.69, 9.17) is 0 Å². The first-order valence-corrected chi connectivity index (χ1v) is 17.3. The predicted octanol–water partition coefficient (Wildman–Crippen LogP) is 14.1. The summed E-state index contributed by atoms with van der Waals surface area (Å²) in [6, 6.07) is 71.5. The summed E-state index contributed by atoms with van der Waals surface area (Å²) in [5, 5.41) is 12.8. The summed E-state index contributed by atoms with van der Waals surface area (Å²) in [6.07, 6.45) is 0. The molecule has 10 aromatic rings. The molecule has 0 aliphatic carbocycles. The SMILES string of the molecule is c1ccc(-c2cc(-c3ccc4c(ccc5ccccc54)c3)c(-c3ccccc3)c(-c3ccc4c5ccccc5c5ccccc5c4c3)c2)cc1. The van der Waals surface area contributed by atoms with Gasteiger partial charge in [0.1, 0.15) is 0 Å². The molecule has 0 amide bonds. The zero-order chi connectivity index (χ0) is 33.0. The third-order valence-corrected chi connectivity index (χ3v) is 10.4. The van der Waals surface area contributed by atoms with E-state index in [0.717, 1.165) is 0 Å². The average molecular weight is 633 g/mol. The third-order valence-electron chi connectivity index (χ3n) is 10.4. The summed E-state index contributed by atoms with van der Waals surface area (Å²) in [5.74, 6) is 0. The number of hydrogen-bond donors (Lipinski definition) is 0. The van der Waals surface area contributed by atoms with Crippen molar-refractivity contribution in [2.24, 2.45) is 0 Å². The Morgan fingerprint density at radius 2 is 0.640 bits per heavy atom.